The molecule has 0 bridgehead atoms. The molecule has 0 amide bonds. The van der Waals surface area contributed by atoms with Gasteiger partial charge in [0.15, 0.2) is 0 Å². The molecule has 0 heterocycles. The number of nitro groups is 2. The number of benzene rings is 1. The molecule has 122 valence electrons. The molecule has 0 saturated carbocycles. The van der Waals surface area contributed by atoms with Gasteiger partial charge in [-0.15, -0.1) is 0 Å². The van der Waals surface area contributed by atoms with E-state index < -0.39 is 46.3 Å². The van der Waals surface area contributed by atoms with Crippen molar-refractivity contribution >= 4 is 19.0 Å². The summed E-state index contributed by atoms with van der Waals surface area (Å²) in [5, 5.41) is 21.7. The van der Waals surface area contributed by atoms with Crippen LogP contribution in [0.5, 0.6) is 5.75 Å². The molecule has 0 aliphatic rings. The van der Waals surface area contributed by atoms with Crippen molar-refractivity contribution in [2.75, 3.05) is 13.8 Å². The molecular weight excluding hydrogens is 336 g/mol. The zero-order chi connectivity index (χ0) is 17.3. The average molecular weight is 344 g/mol. The molecule has 9 nitrogen and oxygen atoms in total. The maximum absolute atomic E-state index is 12.6. The molecule has 0 aliphatic carbocycles. The molecule has 1 unspecified atom stereocenters. The quantitative estimate of drug-likeness (QED) is 0.456. The van der Waals surface area contributed by atoms with Gasteiger partial charge in [0.25, 0.3) is 5.75 Å². The van der Waals surface area contributed by atoms with Gasteiger partial charge in [-0.25, -0.2) is 4.57 Å². The molecule has 0 saturated heterocycles. The monoisotopic (exact) mass is 344 g/mol. The highest BCUT2D eigenvalue weighted by Gasteiger charge is 2.40. The topological polar surface area (TPSA) is 122 Å². The summed E-state index contributed by atoms with van der Waals surface area (Å²) in [5.74, 6) is -1.17. The smallest absolute Gasteiger partial charge is 0.410 e. The molecule has 0 aliphatic heterocycles. The van der Waals surface area contributed by atoms with Crippen LogP contribution in [0, 0.1) is 20.2 Å². The SMILES string of the molecule is COP(C)(=O)Oc1c([N+](=O)[O-])cc(C(F)(F)F)cc1[N+](=O)[O-]. The minimum absolute atomic E-state index is 0.0536. The lowest BCUT2D eigenvalue weighted by Crippen LogP contribution is -2.09. The number of hydrogen-bond donors (Lipinski definition) is 0. The standard InChI is InChI=1S/C9H8F3N2O7P/c1-20-22(2,19)21-8-6(13(15)16)3-5(9(10,11)12)4-7(8)14(17)18/h3-4H,1-2H3. The summed E-state index contributed by atoms with van der Waals surface area (Å²) in [4.78, 5) is 19.1. The summed E-state index contributed by atoms with van der Waals surface area (Å²) in [6.07, 6.45) is -5.05. The number of rotatable bonds is 5. The molecule has 0 spiro atoms. The van der Waals surface area contributed by atoms with Crippen molar-refractivity contribution in [3.05, 3.63) is 37.9 Å². The highest BCUT2D eigenvalue weighted by Crippen LogP contribution is 2.51. The van der Waals surface area contributed by atoms with Gasteiger partial charge in [-0.3, -0.25) is 20.2 Å². The zero-order valence-corrected chi connectivity index (χ0v) is 11.9. The molecule has 0 N–H and O–H groups in total. The fourth-order valence-electron chi connectivity index (χ4n) is 1.33. The fraction of sp³-hybridized carbons (Fsp3) is 0.333. The molecule has 0 aromatic heterocycles. The third-order valence-corrected chi connectivity index (χ3v) is 3.54. The fourth-order valence-corrected chi connectivity index (χ4v) is 1.92. The van der Waals surface area contributed by atoms with Crippen LogP contribution in [-0.2, 0) is 15.3 Å². The summed E-state index contributed by atoms with van der Waals surface area (Å²) >= 11 is 0. The molecule has 13 heteroatoms. The largest absolute Gasteiger partial charge is 0.416 e. The van der Waals surface area contributed by atoms with Crippen LogP contribution in [0.2, 0.25) is 0 Å². The van der Waals surface area contributed by atoms with E-state index in [0.717, 1.165) is 13.8 Å². The second-order valence-electron chi connectivity index (χ2n) is 3.90. The number of nitro benzene ring substituents is 2. The van der Waals surface area contributed by atoms with Gasteiger partial charge in [0.05, 0.1) is 15.4 Å². The van der Waals surface area contributed by atoms with Gasteiger partial charge < -0.3 is 9.05 Å². The molecule has 1 rings (SSSR count). The summed E-state index contributed by atoms with van der Waals surface area (Å²) in [6, 6.07) is 0.107. The van der Waals surface area contributed by atoms with E-state index in [4.69, 9.17) is 0 Å². The van der Waals surface area contributed by atoms with Gasteiger partial charge >= 0.3 is 25.1 Å². The number of alkyl halides is 3. The van der Waals surface area contributed by atoms with Gasteiger partial charge in [0.2, 0.25) is 0 Å². The van der Waals surface area contributed by atoms with Crippen molar-refractivity contribution in [3.63, 3.8) is 0 Å². The number of hydrogen-bond acceptors (Lipinski definition) is 7. The van der Waals surface area contributed by atoms with Crippen molar-refractivity contribution in [1.82, 2.24) is 0 Å². The maximum Gasteiger partial charge on any atom is 0.416 e. The van der Waals surface area contributed by atoms with E-state index in [1.54, 1.807) is 0 Å². The molecule has 22 heavy (non-hydrogen) atoms. The van der Waals surface area contributed by atoms with Crippen molar-refractivity contribution in [3.8, 4) is 5.75 Å². The van der Waals surface area contributed by atoms with E-state index in [0.29, 0.717) is 0 Å². The van der Waals surface area contributed by atoms with E-state index in [1.807, 2.05) is 0 Å². The number of halogens is 3. The van der Waals surface area contributed by atoms with Crippen molar-refractivity contribution < 1.29 is 36.6 Å². The lowest BCUT2D eigenvalue weighted by Gasteiger charge is -2.14. The normalized spacial score (nSPS) is 14.2. The molecule has 1 aromatic carbocycles. The predicted molar refractivity (Wildman–Crippen MR) is 65.9 cm³/mol. The van der Waals surface area contributed by atoms with E-state index in [2.05, 4.69) is 9.05 Å². The molecular formula is C9H8F3N2O7P. The van der Waals surface area contributed by atoms with Crippen LogP contribution in [0.3, 0.4) is 0 Å². The first-order valence-corrected chi connectivity index (χ1v) is 7.25. The van der Waals surface area contributed by atoms with E-state index >= 15 is 0 Å². The Hall–Kier alpha value is -2.20. The Balaban J connectivity index is 3.69. The average Bonchev–Trinajstić information content (AvgIpc) is 2.36. The first kappa shape index (κ1) is 17.9. The highest BCUT2D eigenvalue weighted by atomic mass is 31.2. The van der Waals surface area contributed by atoms with Gasteiger partial charge in [-0.1, -0.05) is 0 Å². The van der Waals surface area contributed by atoms with Crippen LogP contribution in [0.25, 0.3) is 0 Å². The van der Waals surface area contributed by atoms with Crippen LogP contribution in [0.1, 0.15) is 5.56 Å². The maximum atomic E-state index is 12.6. The lowest BCUT2D eigenvalue weighted by atomic mass is 10.1. The van der Waals surface area contributed by atoms with Crippen molar-refractivity contribution in [2.45, 2.75) is 6.18 Å². The van der Waals surface area contributed by atoms with Crippen LogP contribution in [0.4, 0.5) is 24.5 Å². The van der Waals surface area contributed by atoms with Gasteiger partial charge in [0, 0.05) is 25.9 Å². The summed E-state index contributed by atoms with van der Waals surface area (Å²) in [6.45, 7) is 0.845. The van der Waals surface area contributed by atoms with Crippen molar-refractivity contribution in [1.29, 1.82) is 0 Å². The Morgan fingerprint density at radius 2 is 1.55 bits per heavy atom. The molecule has 1 atom stereocenters. The second-order valence-corrected chi connectivity index (χ2v) is 5.99. The van der Waals surface area contributed by atoms with Crippen LogP contribution in [-0.4, -0.2) is 23.6 Å². The minimum Gasteiger partial charge on any atom is -0.410 e. The first-order chi connectivity index (χ1) is 9.89. The Morgan fingerprint density at radius 1 is 1.14 bits per heavy atom. The molecule has 1 aromatic rings. The van der Waals surface area contributed by atoms with Gasteiger partial charge in [-0.2, -0.15) is 13.2 Å². The highest BCUT2D eigenvalue weighted by molar-refractivity contribution is 7.53. The van der Waals surface area contributed by atoms with E-state index in [9.17, 15) is 38.0 Å². The van der Waals surface area contributed by atoms with Crippen LogP contribution in [0.15, 0.2) is 12.1 Å². The van der Waals surface area contributed by atoms with Gasteiger partial charge in [0.1, 0.15) is 0 Å². The van der Waals surface area contributed by atoms with E-state index in [-0.39, 0.29) is 12.1 Å². The Kier molecular flexibility index (Phi) is 4.78. The van der Waals surface area contributed by atoms with Crippen LogP contribution < -0.4 is 4.52 Å². The molecule has 0 radical (unpaired) electrons. The van der Waals surface area contributed by atoms with E-state index in [1.165, 1.54) is 0 Å². The molecule has 0 fully saturated rings. The Labute approximate surface area is 120 Å². The van der Waals surface area contributed by atoms with Gasteiger partial charge in [-0.05, 0) is 0 Å². The summed E-state index contributed by atoms with van der Waals surface area (Å²) in [7, 11) is -3.07. The summed E-state index contributed by atoms with van der Waals surface area (Å²) < 4.78 is 58.6. The third kappa shape index (κ3) is 3.92. The van der Waals surface area contributed by atoms with Crippen LogP contribution >= 0.6 is 7.60 Å². The minimum atomic E-state index is -5.05. The lowest BCUT2D eigenvalue weighted by molar-refractivity contribution is -0.395. The Bertz CT molecular complexity index is 641. The number of nitrogens with zero attached hydrogens (tertiary/aromatic N) is 2. The predicted octanol–water partition coefficient (Wildman–Crippen LogP) is 3.37. The third-order valence-electron chi connectivity index (χ3n) is 2.36. The zero-order valence-electron chi connectivity index (χ0n) is 11.0. The Morgan fingerprint density at radius 3 is 1.82 bits per heavy atom. The first-order valence-electron chi connectivity index (χ1n) is 5.26. The summed E-state index contributed by atoms with van der Waals surface area (Å²) in [5.41, 5.74) is -4.30. The van der Waals surface area contributed by atoms with Crippen molar-refractivity contribution in [2.24, 2.45) is 0 Å². The second kappa shape index (κ2) is 5.89.